The van der Waals surface area contributed by atoms with Gasteiger partial charge in [-0.2, -0.15) is 0 Å². The summed E-state index contributed by atoms with van der Waals surface area (Å²) in [5.41, 5.74) is 2.28. The van der Waals surface area contributed by atoms with Gasteiger partial charge in [-0.15, -0.1) is 0 Å². The molecule has 1 fully saturated rings. The average Bonchev–Trinajstić information content (AvgIpc) is 3.82. The molecule has 0 spiro atoms. The fourth-order valence-electron chi connectivity index (χ4n) is 7.11. The molecule has 2 N–H and O–H groups in total. The van der Waals surface area contributed by atoms with Crippen LogP contribution < -0.4 is 15.5 Å². The number of likely N-dealkylation sites (N-methyl/N-ethyl adjacent to an activating group) is 1. The third-order valence-electron chi connectivity index (χ3n) is 10.0. The van der Waals surface area contributed by atoms with Gasteiger partial charge in [0.25, 0.3) is 5.91 Å². The maximum absolute atomic E-state index is 14.5. The van der Waals surface area contributed by atoms with Crippen LogP contribution in [0, 0.1) is 0 Å². The fraction of sp³-hybridized carbons (Fsp3) is 0.273. The summed E-state index contributed by atoms with van der Waals surface area (Å²) in [6, 6.07) is 32.8. The Bertz CT molecular complexity index is 2320. The van der Waals surface area contributed by atoms with E-state index in [9.17, 15) is 19.2 Å². The average molecular weight is 772 g/mol. The van der Waals surface area contributed by atoms with Crippen LogP contribution in [-0.4, -0.2) is 78.6 Å². The van der Waals surface area contributed by atoms with Gasteiger partial charge in [0, 0.05) is 68.3 Å². The van der Waals surface area contributed by atoms with Crippen molar-refractivity contribution in [1.29, 1.82) is 0 Å². The van der Waals surface area contributed by atoms with Crippen LogP contribution in [0.2, 0.25) is 0 Å². The molecule has 1 saturated heterocycles. The molecule has 3 heterocycles. The molecule has 13 heteroatoms. The van der Waals surface area contributed by atoms with E-state index < -0.39 is 30.5 Å². The molecule has 1 aliphatic heterocycles. The second-order valence-corrected chi connectivity index (χ2v) is 14.1. The van der Waals surface area contributed by atoms with E-state index in [0.717, 1.165) is 43.7 Å². The zero-order valence-electron chi connectivity index (χ0n) is 31.9. The summed E-state index contributed by atoms with van der Waals surface area (Å²) in [4.78, 5) is 58.2. The summed E-state index contributed by atoms with van der Waals surface area (Å²) in [6.07, 6.45) is -0.0653. The molecule has 2 aromatic heterocycles. The Morgan fingerprint density at radius 3 is 2.33 bits per heavy atom. The molecule has 0 bridgehead atoms. The van der Waals surface area contributed by atoms with Crippen molar-refractivity contribution in [2.24, 2.45) is 0 Å². The van der Waals surface area contributed by atoms with Crippen molar-refractivity contribution >= 4 is 51.6 Å². The van der Waals surface area contributed by atoms with Gasteiger partial charge < -0.3 is 34.2 Å². The Kier molecular flexibility index (Phi) is 12.0. The molecule has 4 aromatic carbocycles. The number of nitrogens with one attached hydrogen (secondary N) is 2. The molecule has 0 radical (unpaired) electrons. The minimum absolute atomic E-state index is 0.0185. The maximum atomic E-state index is 14.5. The minimum Gasteiger partial charge on any atom is -0.457 e. The zero-order valence-corrected chi connectivity index (χ0v) is 31.9. The summed E-state index contributed by atoms with van der Waals surface area (Å²) in [5, 5.41) is 7.71. The second kappa shape index (κ2) is 17.6. The van der Waals surface area contributed by atoms with Crippen LogP contribution in [-0.2, 0) is 38.6 Å². The molecule has 0 saturated carbocycles. The second-order valence-electron chi connectivity index (χ2n) is 14.1. The topological polar surface area (TPSA) is 145 Å². The lowest BCUT2D eigenvalue weighted by molar-refractivity contribution is -0.124. The van der Waals surface area contributed by atoms with Gasteiger partial charge in [0.15, 0.2) is 6.61 Å². The number of alkyl carbamates (subject to hydrolysis) is 1. The van der Waals surface area contributed by atoms with E-state index in [1.165, 1.54) is 4.57 Å². The number of furan rings is 1. The number of esters is 1. The van der Waals surface area contributed by atoms with Crippen molar-refractivity contribution in [2.75, 3.05) is 44.4 Å². The summed E-state index contributed by atoms with van der Waals surface area (Å²) in [7, 11) is 0. The van der Waals surface area contributed by atoms with Crippen molar-refractivity contribution < 1.29 is 37.8 Å². The first-order chi connectivity index (χ1) is 27.7. The number of aromatic nitrogens is 1. The lowest BCUT2D eigenvalue weighted by Crippen LogP contribution is -2.59. The highest BCUT2D eigenvalue weighted by atomic mass is 16.7. The van der Waals surface area contributed by atoms with E-state index in [-0.39, 0.29) is 18.9 Å². The van der Waals surface area contributed by atoms with Gasteiger partial charge in [-0.1, -0.05) is 66.7 Å². The van der Waals surface area contributed by atoms with Gasteiger partial charge in [0.05, 0.1) is 11.1 Å². The van der Waals surface area contributed by atoms with Crippen LogP contribution >= 0.6 is 0 Å². The number of hydrogen-bond acceptors (Lipinski definition) is 10. The fourth-order valence-corrected chi connectivity index (χ4v) is 7.11. The maximum Gasteiger partial charge on any atom is 0.421 e. The van der Waals surface area contributed by atoms with E-state index in [2.05, 4.69) is 15.5 Å². The largest absolute Gasteiger partial charge is 0.457 e. The smallest absolute Gasteiger partial charge is 0.421 e. The number of ether oxygens (including phenoxy) is 3. The Morgan fingerprint density at radius 2 is 1.58 bits per heavy atom. The Labute approximate surface area is 330 Å². The SMILES string of the molecule is CCN(C(=O)C(C)(Cc1cn(C(=O)OCOC(=O)c2ccc(CN3CCNCC3)cc2)c2ccccc12)NC(=O)OCc1cc2ccccc2o1)c1ccccc1. The van der Waals surface area contributed by atoms with Crippen LogP contribution in [0.4, 0.5) is 15.3 Å². The van der Waals surface area contributed by atoms with Crippen molar-refractivity contribution in [1.82, 2.24) is 20.1 Å². The predicted octanol–water partition coefficient (Wildman–Crippen LogP) is 6.87. The van der Waals surface area contributed by atoms with Crippen LogP contribution in [0.3, 0.4) is 0 Å². The third-order valence-corrected chi connectivity index (χ3v) is 10.0. The van der Waals surface area contributed by atoms with Crippen molar-refractivity contribution in [3.63, 3.8) is 0 Å². The Balaban J connectivity index is 1.06. The van der Waals surface area contributed by atoms with Crippen LogP contribution in [0.25, 0.3) is 21.9 Å². The van der Waals surface area contributed by atoms with Crippen LogP contribution in [0.15, 0.2) is 120 Å². The molecule has 7 rings (SSSR count). The van der Waals surface area contributed by atoms with E-state index in [0.29, 0.717) is 45.6 Å². The molecule has 1 atom stereocenters. The number of carbonyl (C=O) groups is 4. The summed E-state index contributed by atoms with van der Waals surface area (Å²) < 4.78 is 23.4. The quantitative estimate of drug-likeness (QED) is 0.0943. The zero-order chi connectivity index (χ0) is 39.8. The molecule has 57 heavy (non-hydrogen) atoms. The van der Waals surface area contributed by atoms with Gasteiger partial charge in [-0.25, -0.2) is 14.4 Å². The van der Waals surface area contributed by atoms with Gasteiger partial charge in [0.1, 0.15) is 16.9 Å². The number of fused-ring (bicyclic) bond motifs is 2. The first-order valence-corrected chi connectivity index (χ1v) is 19.0. The first kappa shape index (κ1) is 38.8. The molecule has 2 amide bonds. The molecule has 1 aliphatic rings. The minimum atomic E-state index is -1.55. The molecule has 294 valence electrons. The van der Waals surface area contributed by atoms with Crippen molar-refractivity contribution in [3.8, 4) is 0 Å². The van der Waals surface area contributed by atoms with Gasteiger partial charge >= 0.3 is 18.2 Å². The van der Waals surface area contributed by atoms with Crippen molar-refractivity contribution in [2.45, 2.75) is 39.0 Å². The van der Waals surface area contributed by atoms with E-state index in [4.69, 9.17) is 18.6 Å². The van der Waals surface area contributed by atoms with Gasteiger partial charge in [-0.05, 0) is 67.4 Å². The monoisotopic (exact) mass is 771 g/mol. The lowest BCUT2D eigenvalue weighted by Gasteiger charge is -2.34. The normalized spacial score (nSPS) is 14.1. The standard InChI is InChI=1S/C44H45N5O8/c1-3-48(35-12-5-4-6-13-35)41(51)44(2,46-42(52)54-29-36-25-33-11-7-10-16-39(33)57-36)26-34-28-49(38-15-9-8-14-37(34)38)43(53)56-30-55-40(50)32-19-17-31(18-20-32)27-47-23-21-45-22-24-47/h4-20,25,28,45H,3,21-24,26-27,29-30H2,1-2H3,(H,46,52). The van der Waals surface area contributed by atoms with Crippen LogP contribution in [0.5, 0.6) is 0 Å². The number of nitrogens with zero attached hydrogens (tertiary/aromatic N) is 3. The van der Waals surface area contributed by atoms with Gasteiger partial charge in [0.2, 0.25) is 6.79 Å². The lowest BCUT2D eigenvalue weighted by atomic mass is 9.90. The molecule has 0 aliphatic carbocycles. The highest BCUT2D eigenvalue weighted by Gasteiger charge is 2.40. The summed E-state index contributed by atoms with van der Waals surface area (Å²) in [6.45, 7) is 7.67. The number of benzene rings is 4. The Morgan fingerprint density at radius 1 is 0.860 bits per heavy atom. The third kappa shape index (κ3) is 9.17. The van der Waals surface area contributed by atoms with E-state index in [1.807, 2.05) is 85.8 Å². The molecular formula is C44H45N5O8. The van der Waals surface area contributed by atoms with Gasteiger partial charge in [-0.3, -0.25) is 14.3 Å². The molecular weight excluding hydrogens is 727 g/mol. The number of amides is 2. The molecule has 1 unspecified atom stereocenters. The van der Waals surface area contributed by atoms with Crippen LogP contribution in [0.1, 0.15) is 41.1 Å². The summed E-state index contributed by atoms with van der Waals surface area (Å²) >= 11 is 0. The molecule has 6 aromatic rings. The highest BCUT2D eigenvalue weighted by molar-refractivity contribution is 6.02. The highest BCUT2D eigenvalue weighted by Crippen LogP contribution is 2.29. The number of carbonyl (C=O) groups excluding carboxylic acids is 4. The van der Waals surface area contributed by atoms with E-state index >= 15 is 0 Å². The Hall–Kier alpha value is -6.44. The number of para-hydroxylation sites is 3. The summed E-state index contributed by atoms with van der Waals surface area (Å²) in [5.74, 6) is -0.563. The first-order valence-electron chi connectivity index (χ1n) is 19.0. The predicted molar refractivity (Wildman–Crippen MR) is 215 cm³/mol. The number of rotatable bonds is 13. The number of hydrogen-bond donors (Lipinski definition) is 2. The number of piperazine rings is 1. The van der Waals surface area contributed by atoms with Crippen molar-refractivity contribution in [3.05, 3.63) is 138 Å². The van der Waals surface area contributed by atoms with E-state index in [1.54, 1.807) is 48.4 Å². The molecule has 13 nitrogen and oxygen atoms in total. The number of anilines is 1.